The van der Waals surface area contributed by atoms with E-state index in [1.807, 2.05) is 12.1 Å². The van der Waals surface area contributed by atoms with E-state index >= 15 is 0 Å². The molecule has 0 aliphatic rings. The molecule has 0 heterocycles. The second-order valence-electron chi connectivity index (χ2n) is 5.16. The largest absolute Gasteiger partial charge is 0.317 e. The fraction of sp³-hybridized carbons (Fsp3) is 0.571. The number of hydrogen-bond acceptors (Lipinski definition) is 1. The van der Waals surface area contributed by atoms with Crippen LogP contribution in [-0.2, 0) is 6.42 Å². The minimum Gasteiger partial charge on any atom is -0.317 e. The molecule has 0 bridgehead atoms. The summed E-state index contributed by atoms with van der Waals surface area (Å²) in [5.74, 6) is 0. The van der Waals surface area contributed by atoms with Crippen LogP contribution >= 0.6 is 23.2 Å². The van der Waals surface area contributed by atoms with Gasteiger partial charge in [0.2, 0.25) is 0 Å². The lowest BCUT2D eigenvalue weighted by Gasteiger charge is -2.25. The maximum absolute atomic E-state index is 6.21. The third-order valence-electron chi connectivity index (χ3n) is 2.93. The van der Waals surface area contributed by atoms with Gasteiger partial charge in [0.1, 0.15) is 0 Å². The van der Waals surface area contributed by atoms with Crippen molar-refractivity contribution in [3.63, 3.8) is 0 Å². The third-order valence-corrected chi connectivity index (χ3v) is 3.79. The highest BCUT2D eigenvalue weighted by molar-refractivity contribution is 6.42. The van der Waals surface area contributed by atoms with Crippen LogP contribution in [0.5, 0.6) is 0 Å². The van der Waals surface area contributed by atoms with Gasteiger partial charge in [0.25, 0.3) is 0 Å². The highest BCUT2D eigenvalue weighted by Crippen LogP contribution is 2.32. The van der Waals surface area contributed by atoms with Gasteiger partial charge in [0.05, 0.1) is 10.0 Å². The molecule has 0 radical (unpaired) electrons. The van der Waals surface area contributed by atoms with Crippen LogP contribution in [0.1, 0.15) is 32.8 Å². The summed E-state index contributed by atoms with van der Waals surface area (Å²) in [7, 11) is 0. The molecular weight excluding hydrogens is 253 g/mol. The number of benzene rings is 1. The van der Waals surface area contributed by atoms with E-state index in [9.17, 15) is 0 Å². The van der Waals surface area contributed by atoms with Gasteiger partial charge in [-0.3, -0.25) is 0 Å². The zero-order chi connectivity index (χ0) is 12.9. The van der Waals surface area contributed by atoms with Gasteiger partial charge in [-0.25, -0.2) is 0 Å². The van der Waals surface area contributed by atoms with Crippen LogP contribution in [0.15, 0.2) is 18.2 Å². The Balaban J connectivity index is 2.65. The summed E-state index contributed by atoms with van der Waals surface area (Å²) in [4.78, 5) is 0. The SMILES string of the molecule is CCNCCC(C)(C)Cc1cccc(Cl)c1Cl. The molecule has 17 heavy (non-hydrogen) atoms. The lowest BCUT2D eigenvalue weighted by Crippen LogP contribution is -2.24. The molecule has 0 fully saturated rings. The highest BCUT2D eigenvalue weighted by atomic mass is 35.5. The molecule has 0 saturated carbocycles. The quantitative estimate of drug-likeness (QED) is 0.750. The summed E-state index contributed by atoms with van der Waals surface area (Å²) in [5.41, 5.74) is 1.37. The first-order valence-electron chi connectivity index (χ1n) is 6.10. The van der Waals surface area contributed by atoms with Gasteiger partial charge in [-0.05, 0) is 43.0 Å². The average Bonchev–Trinajstić information content (AvgIpc) is 2.25. The summed E-state index contributed by atoms with van der Waals surface area (Å²) < 4.78 is 0. The van der Waals surface area contributed by atoms with Crippen molar-refractivity contribution in [2.24, 2.45) is 5.41 Å². The molecule has 0 amide bonds. The van der Waals surface area contributed by atoms with Crippen molar-refractivity contribution in [2.45, 2.75) is 33.6 Å². The van der Waals surface area contributed by atoms with Crippen LogP contribution in [0.2, 0.25) is 10.0 Å². The molecule has 0 aromatic heterocycles. The van der Waals surface area contributed by atoms with Crippen LogP contribution in [0.3, 0.4) is 0 Å². The topological polar surface area (TPSA) is 12.0 Å². The van der Waals surface area contributed by atoms with Gasteiger partial charge in [0, 0.05) is 0 Å². The molecule has 0 atom stereocenters. The summed E-state index contributed by atoms with van der Waals surface area (Å²) in [6.45, 7) is 8.72. The molecule has 0 aliphatic carbocycles. The molecule has 1 aromatic rings. The Morgan fingerprint density at radius 1 is 1.24 bits per heavy atom. The molecule has 0 unspecified atom stereocenters. The Labute approximate surface area is 115 Å². The lowest BCUT2D eigenvalue weighted by atomic mass is 9.82. The van der Waals surface area contributed by atoms with Gasteiger partial charge < -0.3 is 5.32 Å². The molecule has 0 spiro atoms. The first kappa shape index (κ1) is 14.8. The monoisotopic (exact) mass is 273 g/mol. The predicted octanol–water partition coefficient (Wildman–Crippen LogP) is 4.56. The van der Waals surface area contributed by atoms with E-state index < -0.39 is 0 Å². The Hall–Kier alpha value is -0.240. The molecule has 96 valence electrons. The van der Waals surface area contributed by atoms with Crippen molar-refractivity contribution in [1.29, 1.82) is 0 Å². The van der Waals surface area contributed by atoms with Crippen molar-refractivity contribution in [3.05, 3.63) is 33.8 Å². The van der Waals surface area contributed by atoms with Crippen molar-refractivity contribution < 1.29 is 0 Å². The summed E-state index contributed by atoms with van der Waals surface area (Å²) >= 11 is 12.2. The smallest absolute Gasteiger partial charge is 0.0624 e. The van der Waals surface area contributed by atoms with Crippen LogP contribution < -0.4 is 5.32 Å². The Morgan fingerprint density at radius 3 is 2.59 bits per heavy atom. The number of nitrogens with one attached hydrogen (secondary N) is 1. The zero-order valence-corrected chi connectivity index (χ0v) is 12.3. The first-order valence-corrected chi connectivity index (χ1v) is 6.85. The van der Waals surface area contributed by atoms with Crippen molar-refractivity contribution in [1.82, 2.24) is 5.32 Å². The molecule has 0 saturated heterocycles. The van der Waals surface area contributed by atoms with E-state index in [4.69, 9.17) is 23.2 Å². The normalized spacial score (nSPS) is 11.8. The molecule has 3 heteroatoms. The zero-order valence-electron chi connectivity index (χ0n) is 10.8. The van der Waals surface area contributed by atoms with Crippen molar-refractivity contribution >= 4 is 23.2 Å². The standard InChI is InChI=1S/C14H21Cl2N/c1-4-17-9-8-14(2,3)10-11-6-5-7-12(15)13(11)16/h5-7,17H,4,8-10H2,1-3H3. The second kappa shape index (κ2) is 6.63. The van der Waals surface area contributed by atoms with E-state index in [2.05, 4.69) is 32.2 Å². The minimum atomic E-state index is 0.233. The van der Waals surface area contributed by atoms with Crippen LogP contribution in [0.25, 0.3) is 0 Å². The van der Waals surface area contributed by atoms with Crippen LogP contribution in [-0.4, -0.2) is 13.1 Å². The fourth-order valence-electron chi connectivity index (χ4n) is 1.89. The average molecular weight is 274 g/mol. The summed E-state index contributed by atoms with van der Waals surface area (Å²) in [6.07, 6.45) is 2.08. The molecule has 0 aliphatic heterocycles. The number of hydrogen-bond donors (Lipinski definition) is 1. The maximum Gasteiger partial charge on any atom is 0.0624 e. The third kappa shape index (κ3) is 4.87. The maximum atomic E-state index is 6.21. The highest BCUT2D eigenvalue weighted by Gasteiger charge is 2.19. The number of rotatable bonds is 6. The minimum absolute atomic E-state index is 0.233. The molecular formula is C14H21Cl2N. The van der Waals surface area contributed by atoms with Crippen LogP contribution in [0.4, 0.5) is 0 Å². The molecule has 1 N–H and O–H groups in total. The van der Waals surface area contributed by atoms with Gasteiger partial charge in [0.15, 0.2) is 0 Å². The summed E-state index contributed by atoms with van der Waals surface area (Å²) in [6, 6.07) is 5.85. The van der Waals surface area contributed by atoms with E-state index in [0.29, 0.717) is 10.0 Å². The molecule has 1 aromatic carbocycles. The second-order valence-corrected chi connectivity index (χ2v) is 5.94. The lowest BCUT2D eigenvalue weighted by molar-refractivity contribution is 0.327. The van der Waals surface area contributed by atoms with Gasteiger partial charge in [-0.1, -0.05) is 56.1 Å². The van der Waals surface area contributed by atoms with Gasteiger partial charge >= 0.3 is 0 Å². The first-order chi connectivity index (χ1) is 7.96. The number of halogens is 2. The van der Waals surface area contributed by atoms with Crippen molar-refractivity contribution in [3.8, 4) is 0 Å². The van der Waals surface area contributed by atoms with E-state index in [0.717, 1.165) is 31.5 Å². The van der Waals surface area contributed by atoms with Gasteiger partial charge in [-0.2, -0.15) is 0 Å². The Kier molecular flexibility index (Phi) is 5.78. The van der Waals surface area contributed by atoms with E-state index in [-0.39, 0.29) is 5.41 Å². The van der Waals surface area contributed by atoms with E-state index in [1.165, 1.54) is 0 Å². The van der Waals surface area contributed by atoms with Crippen molar-refractivity contribution in [2.75, 3.05) is 13.1 Å². The molecule has 1 rings (SSSR count). The Bertz CT molecular complexity index is 361. The molecule has 1 nitrogen and oxygen atoms in total. The van der Waals surface area contributed by atoms with E-state index in [1.54, 1.807) is 0 Å². The summed E-state index contributed by atoms with van der Waals surface area (Å²) in [5, 5.41) is 4.70. The fourth-order valence-corrected chi connectivity index (χ4v) is 2.28. The Morgan fingerprint density at radius 2 is 1.94 bits per heavy atom. The van der Waals surface area contributed by atoms with Gasteiger partial charge in [-0.15, -0.1) is 0 Å². The predicted molar refractivity (Wildman–Crippen MR) is 77.1 cm³/mol. The van der Waals surface area contributed by atoms with Crippen LogP contribution in [0, 0.1) is 5.41 Å².